The minimum atomic E-state index is -0.123. The molecule has 0 radical (unpaired) electrons. The average molecular weight is 835 g/mol. The summed E-state index contributed by atoms with van der Waals surface area (Å²) in [5.41, 5.74) is 6.94. The summed E-state index contributed by atoms with van der Waals surface area (Å²) < 4.78 is 11.0. The zero-order chi connectivity index (χ0) is 29.8. The molecule has 3 heterocycles. The lowest BCUT2D eigenvalue weighted by atomic mass is 9.85. The van der Waals surface area contributed by atoms with E-state index in [1.807, 2.05) is 10.6 Å². The van der Waals surface area contributed by atoms with Crippen LogP contribution in [0.5, 0.6) is 5.75 Å². The fraction of sp³-hybridized carbons (Fsp3) is 0.111. The number of benzene rings is 4. The van der Waals surface area contributed by atoms with Crippen LogP contribution in [0.4, 0.5) is 0 Å². The number of rotatable bonds is 5. The van der Waals surface area contributed by atoms with E-state index in [-0.39, 0.29) is 11.6 Å². The monoisotopic (exact) mass is 834 g/mol. The zero-order valence-electron chi connectivity index (χ0n) is 23.3. The number of halogens is 2. The molecule has 2 aliphatic rings. The van der Waals surface area contributed by atoms with Crippen LogP contribution >= 0.6 is 67.9 Å². The molecule has 0 N–H and O–H groups in total. The van der Waals surface area contributed by atoms with Crippen LogP contribution < -0.4 is 19.6 Å². The van der Waals surface area contributed by atoms with Gasteiger partial charge in [-0.2, -0.15) is 0 Å². The minimum absolute atomic E-state index is 0.0128. The molecule has 0 fully saturated rings. The Bertz CT molecular complexity index is 2270. The fourth-order valence-corrected chi connectivity index (χ4v) is 10.2. The van der Waals surface area contributed by atoms with Crippen LogP contribution in [0.25, 0.3) is 22.5 Å². The number of hydrogen-bond donors (Lipinski definition) is 0. The molecule has 1 aliphatic heterocycles. The number of ether oxygens (including phenoxy) is 1. The molecular formula is C36H24I2N2O2S2. The van der Waals surface area contributed by atoms with Gasteiger partial charge in [0, 0.05) is 10.4 Å². The van der Waals surface area contributed by atoms with Gasteiger partial charge < -0.3 is 4.74 Å². The Balaban J connectivity index is 1.18. The van der Waals surface area contributed by atoms with E-state index >= 15 is 0 Å². The average Bonchev–Trinajstić information content (AvgIpc) is 3.68. The van der Waals surface area contributed by atoms with Gasteiger partial charge in [0.2, 0.25) is 0 Å². The number of thiazole rings is 1. The molecule has 4 nitrogen and oxygen atoms in total. The molecule has 1 atom stereocenters. The van der Waals surface area contributed by atoms with Crippen molar-refractivity contribution in [2.45, 2.75) is 25.5 Å². The summed E-state index contributed by atoms with van der Waals surface area (Å²) in [6.07, 6.45) is 3.87. The number of hydrogen-bond acceptors (Lipinski definition) is 5. The molecule has 0 spiro atoms. The fourth-order valence-electron chi connectivity index (χ4n) is 6.24. The summed E-state index contributed by atoms with van der Waals surface area (Å²) in [6.45, 7) is 0.488. The Hall–Kier alpha value is -3.06. The standard InChI is InChI=1S/C36H24I2N2O2S2/c37-28-17-21(18-29(38)34(28)42-20-24-10-5-9-22-7-1-3-11-25(22)24)19-31-35(41)40-33(30-13-6-16-43-30)27-15-14-23-8-2-4-12-26(23)32(27)39-36(40)44-31/h1-13,16-19,33H,14-15,20H2/b31-19+/t33-/m0/s1. The summed E-state index contributed by atoms with van der Waals surface area (Å²) in [7, 11) is 0. The molecule has 4 aromatic carbocycles. The molecule has 8 rings (SSSR count). The Morgan fingerprint density at radius 3 is 2.57 bits per heavy atom. The lowest BCUT2D eigenvalue weighted by Crippen LogP contribution is -2.38. The van der Waals surface area contributed by atoms with Crippen molar-refractivity contribution in [3.8, 4) is 5.75 Å². The normalized spacial score (nSPS) is 16.0. The Morgan fingerprint density at radius 2 is 1.73 bits per heavy atom. The highest BCUT2D eigenvalue weighted by molar-refractivity contribution is 14.1. The molecule has 0 unspecified atom stereocenters. The minimum Gasteiger partial charge on any atom is -0.487 e. The first-order valence-corrected chi connectivity index (χ1v) is 18.2. The quantitative estimate of drug-likeness (QED) is 0.164. The van der Waals surface area contributed by atoms with Gasteiger partial charge >= 0.3 is 0 Å². The number of nitrogens with zero attached hydrogens (tertiary/aromatic N) is 2. The van der Waals surface area contributed by atoms with Crippen molar-refractivity contribution in [2.75, 3.05) is 0 Å². The van der Waals surface area contributed by atoms with Gasteiger partial charge in [-0.3, -0.25) is 9.36 Å². The van der Waals surface area contributed by atoms with E-state index in [2.05, 4.69) is 142 Å². The molecule has 0 bridgehead atoms. The van der Waals surface area contributed by atoms with Crippen molar-refractivity contribution >= 4 is 90.4 Å². The molecule has 44 heavy (non-hydrogen) atoms. The second kappa shape index (κ2) is 11.7. The third-order valence-corrected chi connectivity index (χ3v) is 11.8. The smallest absolute Gasteiger partial charge is 0.271 e. The first kappa shape index (κ1) is 28.4. The van der Waals surface area contributed by atoms with Gasteiger partial charge in [0.1, 0.15) is 12.4 Å². The SMILES string of the molecule is O=c1/c(=C\c2cc(I)c(OCc3cccc4ccccc34)c(I)c2)sc2n1[C@H](c1cccs1)C1=C(N=2)c2ccccc2CC1. The molecule has 8 heteroatoms. The molecule has 0 saturated heterocycles. The Labute approximate surface area is 289 Å². The number of aromatic nitrogens is 1. The van der Waals surface area contributed by atoms with Gasteiger partial charge in [-0.05, 0) is 121 Å². The number of allylic oxidation sites excluding steroid dienone is 1. The maximum absolute atomic E-state index is 14.1. The Kier molecular flexibility index (Phi) is 7.56. The molecule has 2 aromatic heterocycles. The zero-order valence-corrected chi connectivity index (χ0v) is 29.2. The van der Waals surface area contributed by atoms with Crippen LogP contribution in [0.3, 0.4) is 0 Å². The second-order valence-electron chi connectivity index (χ2n) is 10.9. The van der Waals surface area contributed by atoms with E-state index in [0.29, 0.717) is 11.1 Å². The molecule has 0 amide bonds. The van der Waals surface area contributed by atoms with Crippen LogP contribution in [0.15, 0.2) is 112 Å². The van der Waals surface area contributed by atoms with Crippen molar-refractivity contribution in [1.29, 1.82) is 0 Å². The summed E-state index contributed by atoms with van der Waals surface area (Å²) in [5, 5.41) is 4.51. The van der Waals surface area contributed by atoms with Crippen molar-refractivity contribution in [3.63, 3.8) is 0 Å². The van der Waals surface area contributed by atoms with E-state index in [0.717, 1.165) is 47.4 Å². The first-order chi connectivity index (χ1) is 21.5. The lowest BCUT2D eigenvalue weighted by molar-refractivity contribution is 0.303. The van der Waals surface area contributed by atoms with Crippen molar-refractivity contribution in [3.05, 3.63) is 156 Å². The molecule has 0 saturated carbocycles. The molecule has 216 valence electrons. The van der Waals surface area contributed by atoms with Gasteiger partial charge in [-0.1, -0.05) is 84.1 Å². The predicted molar refractivity (Wildman–Crippen MR) is 197 cm³/mol. The number of thiophene rings is 1. The summed E-state index contributed by atoms with van der Waals surface area (Å²) in [6, 6.07) is 31.5. The van der Waals surface area contributed by atoms with Gasteiger partial charge in [-0.15, -0.1) is 11.3 Å². The van der Waals surface area contributed by atoms with Gasteiger partial charge in [0.05, 0.1) is 23.4 Å². The first-order valence-electron chi connectivity index (χ1n) is 14.3. The van der Waals surface area contributed by atoms with Gasteiger partial charge in [0.25, 0.3) is 5.56 Å². The van der Waals surface area contributed by atoms with Crippen LogP contribution in [0.2, 0.25) is 0 Å². The summed E-state index contributed by atoms with van der Waals surface area (Å²) in [5.74, 6) is 0.863. The van der Waals surface area contributed by atoms with E-state index in [4.69, 9.17) is 9.73 Å². The van der Waals surface area contributed by atoms with E-state index in [1.54, 1.807) is 11.3 Å². The highest BCUT2D eigenvalue weighted by Gasteiger charge is 2.33. The maximum Gasteiger partial charge on any atom is 0.271 e. The Morgan fingerprint density at radius 1 is 0.932 bits per heavy atom. The van der Waals surface area contributed by atoms with Crippen molar-refractivity contribution < 1.29 is 4.74 Å². The van der Waals surface area contributed by atoms with Crippen molar-refractivity contribution in [2.24, 2.45) is 4.99 Å². The van der Waals surface area contributed by atoms with E-state index in [1.165, 1.54) is 43.7 Å². The van der Waals surface area contributed by atoms with Crippen LogP contribution in [-0.4, -0.2) is 4.57 Å². The number of aryl methyl sites for hydroxylation is 1. The van der Waals surface area contributed by atoms with Crippen LogP contribution in [-0.2, 0) is 13.0 Å². The van der Waals surface area contributed by atoms with Gasteiger partial charge in [0.15, 0.2) is 4.80 Å². The van der Waals surface area contributed by atoms with E-state index in [9.17, 15) is 4.79 Å². The van der Waals surface area contributed by atoms with Gasteiger partial charge in [-0.25, -0.2) is 4.99 Å². The topological polar surface area (TPSA) is 43.6 Å². The third kappa shape index (κ3) is 4.99. The maximum atomic E-state index is 14.1. The highest BCUT2D eigenvalue weighted by atomic mass is 127. The molecular weight excluding hydrogens is 810 g/mol. The largest absolute Gasteiger partial charge is 0.487 e. The number of fused-ring (bicyclic) bond motifs is 4. The van der Waals surface area contributed by atoms with Crippen LogP contribution in [0, 0.1) is 7.14 Å². The molecule has 6 aromatic rings. The van der Waals surface area contributed by atoms with Crippen LogP contribution in [0.1, 0.15) is 39.6 Å². The second-order valence-corrected chi connectivity index (χ2v) is 15.2. The van der Waals surface area contributed by atoms with Crippen molar-refractivity contribution in [1.82, 2.24) is 4.57 Å². The third-order valence-electron chi connectivity index (χ3n) is 8.26. The van der Waals surface area contributed by atoms with E-state index < -0.39 is 0 Å². The summed E-state index contributed by atoms with van der Waals surface area (Å²) in [4.78, 5) is 21.2. The molecule has 1 aliphatic carbocycles. The predicted octanol–water partition coefficient (Wildman–Crippen LogP) is 8.32. The highest BCUT2D eigenvalue weighted by Crippen LogP contribution is 2.42. The lowest BCUT2D eigenvalue weighted by Gasteiger charge is -2.30. The summed E-state index contributed by atoms with van der Waals surface area (Å²) >= 11 is 7.86.